The molecule has 0 amide bonds. The lowest BCUT2D eigenvalue weighted by atomic mass is 9.83. The van der Waals surface area contributed by atoms with Gasteiger partial charge >= 0.3 is 0 Å². The molecule has 1 unspecified atom stereocenters. The Morgan fingerprint density at radius 2 is 1.86 bits per heavy atom. The highest BCUT2D eigenvalue weighted by Gasteiger charge is 2.41. The van der Waals surface area contributed by atoms with Gasteiger partial charge in [0, 0.05) is 18.0 Å². The molecule has 0 saturated carbocycles. The summed E-state index contributed by atoms with van der Waals surface area (Å²) >= 11 is 0. The topological polar surface area (TPSA) is 54.2 Å². The quantitative estimate of drug-likeness (QED) is 0.839. The maximum Gasteiger partial charge on any atom is 0.138 e. The van der Waals surface area contributed by atoms with E-state index in [-0.39, 0.29) is 11.6 Å². The summed E-state index contributed by atoms with van der Waals surface area (Å²) in [6, 6.07) is 0.277. The molecular weight excluding hydrogens is 264 g/mol. The van der Waals surface area contributed by atoms with E-state index in [2.05, 4.69) is 42.7 Å². The molecule has 1 saturated heterocycles. The summed E-state index contributed by atoms with van der Waals surface area (Å²) in [5.41, 5.74) is -0.121. The van der Waals surface area contributed by atoms with Gasteiger partial charge in [-0.1, -0.05) is 13.8 Å². The van der Waals surface area contributed by atoms with E-state index in [0.29, 0.717) is 6.42 Å². The van der Waals surface area contributed by atoms with Gasteiger partial charge in [0.1, 0.15) is 12.2 Å². The first-order valence-electron chi connectivity index (χ1n) is 8.36. The molecule has 0 aliphatic carbocycles. The van der Waals surface area contributed by atoms with Crippen LogP contribution in [0.4, 0.5) is 0 Å². The Labute approximate surface area is 128 Å². The SMILES string of the molecule is CCC(CC)(C(O)Cc1ncnn1C(C)C)N1CCCC1. The number of aliphatic hydroxyl groups excluding tert-OH is 1. The van der Waals surface area contributed by atoms with E-state index in [1.165, 1.54) is 12.8 Å². The lowest BCUT2D eigenvalue weighted by molar-refractivity contribution is -0.0284. The molecule has 5 heteroatoms. The van der Waals surface area contributed by atoms with Crippen LogP contribution in [0.25, 0.3) is 0 Å². The largest absolute Gasteiger partial charge is 0.391 e. The van der Waals surface area contributed by atoms with Gasteiger partial charge in [-0.2, -0.15) is 5.10 Å². The minimum absolute atomic E-state index is 0.121. The highest BCUT2D eigenvalue weighted by Crippen LogP contribution is 2.33. The van der Waals surface area contributed by atoms with Crippen molar-refractivity contribution in [1.29, 1.82) is 0 Å². The molecular formula is C16H30N4O. The van der Waals surface area contributed by atoms with Crippen LogP contribution >= 0.6 is 0 Å². The predicted octanol–water partition coefficient (Wildman–Crippen LogP) is 2.42. The fraction of sp³-hybridized carbons (Fsp3) is 0.875. The second-order valence-electron chi connectivity index (χ2n) is 6.44. The molecule has 1 N–H and O–H groups in total. The Morgan fingerprint density at radius 1 is 1.24 bits per heavy atom. The van der Waals surface area contributed by atoms with E-state index >= 15 is 0 Å². The van der Waals surface area contributed by atoms with Crippen molar-refractivity contribution in [2.45, 2.75) is 77.5 Å². The van der Waals surface area contributed by atoms with Gasteiger partial charge in [0.25, 0.3) is 0 Å². The molecule has 2 heterocycles. The van der Waals surface area contributed by atoms with Gasteiger partial charge in [-0.05, 0) is 52.6 Å². The van der Waals surface area contributed by atoms with Crippen molar-refractivity contribution in [2.75, 3.05) is 13.1 Å². The molecule has 1 aliphatic heterocycles. The first-order valence-corrected chi connectivity index (χ1v) is 8.36. The monoisotopic (exact) mass is 294 g/mol. The summed E-state index contributed by atoms with van der Waals surface area (Å²) < 4.78 is 1.92. The number of nitrogens with zero attached hydrogens (tertiary/aromatic N) is 4. The Morgan fingerprint density at radius 3 is 2.38 bits per heavy atom. The van der Waals surface area contributed by atoms with Crippen molar-refractivity contribution < 1.29 is 5.11 Å². The Hall–Kier alpha value is -0.940. The van der Waals surface area contributed by atoms with Gasteiger partial charge in [-0.15, -0.1) is 0 Å². The second-order valence-corrected chi connectivity index (χ2v) is 6.44. The molecule has 5 nitrogen and oxygen atoms in total. The minimum atomic E-state index is -0.396. The summed E-state index contributed by atoms with van der Waals surface area (Å²) in [7, 11) is 0. The summed E-state index contributed by atoms with van der Waals surface area (Å²) in [5, 5.41) is 15.3. The molecule has 1 fully saturated rings. The second kappa shape index (κ2) is 6.88. The van der Waals surface area contributed by atoms with Crippen LogP contribution in [0.15, 0.2) is 6.33 Å². The van der Waals surface area contributed by atoms with Crippen molar-refractivity contribution >= 4 is 0 Å². The zero-order valence-corrected chi connectivity index (χ0v) is 13.9. The van der Waals surface area contributed by atoms with Crippen LogP contribution in [0.5, 0.6) is 0 Å². The van der Waals surface area contributed by atoms with Crippen LogP contribution in [-0.2, 0) is 6.42 Å². The van der Waals surface area contributed by atoms with E-state index in [1.54, 1.807) is 6.33 Å². The van der Waals surface area contributed by atoms with Gasteiger partial charge in [-0.3, -0.25) is 4.90 Å². The minimum Gasteiger partial charge on any atom is -0.391 e. The molecule has 1 aliphatic rings. The predicted molar refractivity (Wildman–Crippen MR) is 84.2 cm³/mol. The summed E-state index contributed by atoms with van der Waals surface area (Å²) in [6.07, 6.45) is 6.22. The fourth-order valence-electron chi connectivity index (χ4n) is 3.76. The maximum atomic E-state index is 11.0. The van der Waals surface area contributed by atoms with E-state index < -0.39 is 6.10 Å². The highest BCUT2D eigenvalue weighted by molar-refractivity contribution is 5.02. The molecule has 0 bridgehead atoms. The third-order valence-electron chi connectivity index (χ3n) is 5.09. The highest BCUT2D eigenvalue weighted by atomic mass is 16.3. The molecule has 2 rings (SSSR count). The Bertz CT molecular complexity index is 433. The molecule has 0 radical (unpaired) electrons. The molecule has 0 spiro atoms. The lowest BCUT2D eigenvalue weighted by Crippen LogP contribution is -2.56. The third kappa shape index (κ3) is 3.14. The summed E-state index contributed by atoms with van der Waals surface area (Å²) in [6.45, 7) is 10.8. The number of aliphatic hydroxyl groups is 1. The van der Waals surface area contributed by atoms with Crippen molar-refractivity contribution in [3.8, 4) is 0 Å². The van der Waals surface area contributed by atoms with Crippen molar-refractivity contribution in [3.05, 3.63) is 12.2 Å². The maximum absolute atomic E-state index is 11.0. The van der Waals surface area contributed by atoms with E-state index in [0.717, 1.165) is 31.8 Å². The van der Waals surface area contributed by atoms with Crippen molar-refractivity contribution in [1.82, 2.24) is 19.7 Å². The molecule has 120 valence electrons. The summed E-state index contributed by atoms with van der Waals surface area (Å²) in [5.74, 6) is 0.892. The molecule has 1 aromatic rings. The average molecular weight is 294 g/mol. The van der Waals surface area contributed by atoms with Gasteiger partial charge in [0.2, 0.25) is 0 Å². The number of aromatic nitrogens is 3. The van der Waals surface area contributed by atoms with Crippen LogP contribution in [0, 0.1) is 0 Å². The van der Waals surface area contributed by atoms with Crippen molar-refractivity contribution in [2.24, 2.45) is 0 Å². The number of hydrogen-bond donors (Lipinski definition) is 1. The van der Waals surface area contributed by atoms with E-state index in [1.807, 2.05) is 4.68 Å². The molecule has 21 heavy (non-hydrogen) atoms. The van der Waals surface area contributed by atoms with Crippen LogP contribution in [0.2, 0.25) is 0 Å². The first-order chi connectivity index (χ1) is 10.0. The number of likely N-dealkylation sites (tertiary alicyclic amines) is 1. The van der Waals surface area contributed by atoms with E-state index in [9.17, 15) is 5.11 Å². The van der Waals surface area contributed by atoms with Crippen LogP contribution in [0.1, 0.15) is 65.2 Å². The van der Waals surface area contributed by atoms with E-state index in [4.69, 9.17) is 0 Å². The smallest absolute Gasteiger partial charge is 0.138 e. The zero-order valence-electron chi connectivity index (χ0n) is 13.9. The Kier molecular flexibility index (Phi) is 5.38. The first kappa shape index (κ1) is 16.4. The van der Waals surface area contributed by atoms with Gasteiger partial charge in [0.05, 0.1) is 6.10 Å². The van der Waals surface area contributed by atoms with Gasteiger partial charge in [-0.25, -0.2) is 9.67 Å². The standard InChI is InChI=1S/C16H30N4O/c1-5-16(6-2,19-9-7-8-10-19)14(21)11-15-17-12-18-20(15)13(3)4/h12-14,21H,5-11H2,1-4H3. The van der Waals surface area contributed by atoms with Crippen molar-refractivity contribution in [3.63, 3.8) is 0 Å². The van der Waals surface area contributed by atoms with Crippen LogP contribution in [0.3, 0.4) is 0 Å². The van der Waals surface area contributed by atoms with Crippen LogP contribution < -0.4 is 0 Å². The molecule has 0 aromatic carbocycles. The molecule has 1 aromatic heterocycles. The van der Waals surface area contributed by atoms with Gasteiger partial charge in [0.15, 0.2) is 0 Å². The average Bonchev–Trinajstić information content (AvgIpc) is 3.12. The fourth-order valence-corrected chi connectivity index (χ4v) is 3.76. The molecule has 1 atom stereocenters. The Balaban J connectivity index is 2.18. The summed E-state index contributed by atoms with van der Waals surface area (Å²) in [4.78, 5) is 6.85. The number of hydrogen-bond acceptors (Lipinski definition) is 4. The van der Waals surface area contributed by atoms with Gasteiger partial charge < -0.3 is 5.11 Å². The zero-order chi connectivity index (χ0) is 15.5. The van der Waals surface area contributed by atoms with Crippen LogP contribution in [-0.4, -0.2) is 49.5 Å². The third-order valence-corrected chi connectivity index (χ3v) is 5.09. The lowest BCUT2D eigenvalue weighted by Gasteiger charge is -2.44. The number of rotatable bonds is 7. The normalized spacial score (nSPS) is 18.6.